The van der Waals surface area contributed by atoms with Crippen LogP contribution in [0, 0.1) is 0 Å². The van der Waals surface area contributed by atoms with E-state index in [1.165, 1.54) is 0 Å². The Morgan fingerprint density at radius 2 is 1.44 bits per heavy atom. The summed E-state index contributed by atoms with van der Waals surface area (Å²) in [6.45, 7) is 13.7. The first kappa shape index (κ1) is 29.7. The minimum atomic E-state index is -0.516. The normalized spacial score (nSPS) is 11.7. The van der Waals surface area contributed by atoms with Crippen LogP contribution in [-0.4, -0.2) is 56.3 Å². The molecular weight excluding hydrogens is 438 g/mol. The molecule has 1 amide bonds. The lowest BCUT2D eigenvalue weighted by molar-refractivity contribution is -0.160. The number of amides is 1. The van der Waals surface area contributed by atoms with E-state index < -0.39 is 17.3 Å². The number of hydrogen-bond donors (Lipinski definition) is 1. The molecule has 0 fully saturated rings. The molecule has 34 heavy (non-hydrogen) atoms. The lowest BCUT2D eigenvalue weighted by atomic mass is 10.2. The van der Waals surface area contributed by atoms with Crippen molar-refractivity contribution < 1.29 is 33.3 Å². The molecule has 8 heteroatoms. The Morgan fingerprint density at radius 1 is 0.794 bits per heavy atom. The number of nitrogens with one attached hydrogen (secondary N) is 1. The molecule has 194 valence electrons. The quantitative estimate of drug-likeness (QED) is 0.278. The van der Waals surface area contributed by atoms with Crippen molar-refractivity contribution >= 4 is 12.1 Å². The second kappa shape index (κ2) is 15.6. The topological polar surface area (TPSA) is 92.3 Å². The molecule has 0 aliphatic heterocycles. The SMILES string of the molecule is CC(C)(C)OC(=O)COCCCOCCCCCOc1cccc(CNC(=O)OC(C)(C)C)c1. The van der Waals surface area contributed by atoms with E-state index in [0.29, 0.717) is 33.0 Å². The van der Waals surface area contributed by atoms with E-state index in [0.717, 1.165) is 37.0 Å². The molecule has 0 bridgehead atoms. The van der Waals surface area contributed by atoms with Gasteiger partial charge >= 0.3 is 12.1 Å². The van der Waals surface area contributed by atoms with Gasteiger partial charge in [0, 0.05) is 26.4 Å². The molecule has 0 unspecified atom stereocenters. The molecule has 0 radical (unpaired) electrons. The van der Waals surface area contributed by atoms with Crippen LogP contribution < -0.4 is 10.1 Å². The first-order chi connectivity index (χ1) is 15.9. The Balaban J connectivity index is 2.02. The fraction of sp³-hybridized carbons (Fsp3) is 0.692. The zero-order valence-corrected chi connectivity index (χ0v) is 21.7. The Kier molecular flexibility index (Phi) is 13.6. The summed E-state index contributed by atoms with van der Waals surface area (Å²) in [7, 11) is 0. The van der Waals surface area contributed by atoms with Crippen LogP contribution in [0.25, 0.3) is 0 Å². The largest absolute Gasteiger partial charge is 0.494 e. The molecule has 0 spiro atoms. The second-order valence-corrected chi connectivity index (χ2v) is 10.0. The first-order valence-corrected chi connectivity index (χ1v) is 12.0. The summed E-state index contributed by atoms with van der Waals surface area (Å²) in [5.74, 6) is 0.436. The lowest BCUT2D eigenvalue weighted by Gasteiger charge is -2.19. The van der Waals surface area contributed by atoms with E-state index >= 15 is 0 Å². The van der Waals surface area contributed by atoms with Crippen molar-refractivity contribution in [2.75, 3.05) is 33.0 Å². The summed E-state index contributed by atoms with van der Waals surface area (Å²) in [6.07, 6.45) is 3.21. The highest BCUT2D eigenvalue weighted by atomic mass is 16.6. The summed E-state index contributed by atoms with van der Waals surface area (Å²) in [4.78, 5) is 23.3. The molecular formula is C26H43NO7. The number of rotatable bonds is 15. The number of hydrogen-bond acceptors (Lipinski definition) is 7. The van der Waals surface area contributed by atoms with E-state index in [-0.39, 0.29) is 12.6 Å². The van der Waals surface area contributed by atoms with Gasteiger partial charge in [-0.25, -0.2) is 9.59 Å². The third kappa shape index (κ3) is 17.2. The molecule has 1 rings (SSSR count). The number of carbonyl (C=O) groups is 2. The lowest BCUT2D eigenvalue weighted by Crippen LogP contribution is -2.32. The number of alkyl carbamates (subject to hydrolysis) is 1. The van der Waals surface area contributed by atoms with Crippen LogP contribution in [0.5, 0.6) is 5.75 Å². The van der Waals surface area contributed by atoms with Crippen molar-refractivity contribution in [2.24, 2.45) is 0 Å². The van der Waals surface area contributed by atoms with Crippen molar-refractivity contribution in [2.45, 2.75) is 85.0 Å². The van der Waals surface area contributed by atoms with Crippen molar-refractivity contribution in [3.05, 3.63) is 29.8 Å². The maximum atomic E-state index is 11.8. The van der Waals surface area contributed by atoms with Gasteiger partial charge in [-0.2, -0.15) is 0 Å². The van der Waals surface area contributed by atoms with E-state index in [1.54, 1.807) is 0 Å². The van der Waals surface area contributed by atoms with Crippen LogP contribution in [-0.2, 0) is 30.3 Å². The summed E-state index contributed by atoms with van der Waals surface area (Å²) >= 11 is 0. The van der Waals surface area contributed by atoms with Gasteiger partial charge in [-0.3, -0.25) is 0 Å². The number of unbranched alkanes of at least 4 members (excludes halogenated alkanes) is 2. The van der Waals surface area contributed by atoms with Crippen molar-refractivity contribution in [3.63, 3.8) is 0 Å². The van der Waals surface area contributed by atoms with Crippen LogP contribution in [0.4, 0.5) is 4.79 Å². The highest BCUT2D eigenvalue weighted by molar-refractivity contribution is 5.71. The predicted molar refractivity (Wildman–Crippen MR) is 131 cm³/mol. The van der Waals surface area contributed by atoms with Crippen molar-refractivity contribution in [1.29, 1.82) is 0 Å². The van der Waals surface area contributed by atoms with E-state index in [2.05, 4.69) is 5.32 Å². The summed E-state index contributed by atoms with van der Waals surface area (Å²) < 4.78 is 27.1. The Hall–Kier alpha value is -2.32. The molecule has 1 N–H and O–H groups in total. The fourth-order valence-corrected chi connectivity index (χ4v) is 2.80. The average molecular weight is 482 g/mol. The minimum absolute atomic E-state index is 0.0274. The maximum Gasteiger partial charge on any atom is 0.407 e. The molecule has 1 aromatic rings. The van der Waals surface area contributed by atoms with Gasteiger partial charge in [0.15, 0.2) is 0 Å². The zero-order valence-electron chi connectivity index (χ0n) is 21.7. The van der Waals surface area contributed by atoms with Crippen LogP contribution in [0.15, 0.2) is 24.3 Å². The van der Waals surface area contributed by atoms with Gasteiger partial charge in [-0.1, -0.05) is 12.1 Å². The van der Waals surface area contributed by atoms with Gasteiger partial charge in [-0.15, -0.1) is 0 Å². The van der Waals surface area contributed by atoms with Crippen LogP contribution in [0.3, 0.4) is 0 Å². The van der Waals surface area contributed by atoms with Crippen LogP contribution >= 0.6 is 0 Å². The number of esters is 1. The number of carbonyl (C=O) groups excluding carboxylic acids is 2. The highest BCUT2D eigenvalue weighted by Crippen LogP contribution is 2.14. The highest BCUT2D eigenvalue weighted by Gasteiger charge is 2.16. The maximum absolute atomic E-state index is 11.8. The molecule has 8 nitrogen and oxygen atoms in total. The summed E-state index contributed by atoms with van der Waals surface area (Å²) in [5, 5.41) is 2.75. The average Bonchev–Trinajstić information content (AvgIpc) is 2.71. The van der Waals surface area contributed by atoms with Crippen molar-refractivity contribution in [1.82, 2.24) is 5.32 Å². The monoisotopic (exact) mass is 481 g/mol. The third-order valence-corrected chi connectivity index (χ3v) is 4.15. The minimum Gasteiger partial charge on any atom is -0.494 e. The van der Waals surface area contributed by atoms with E-state index in [1.807, 2.05) is 65.8 Å². The standard InChI is InChI=1S/C26H43NO7/c1-25(2,3)33-23(28)20-31-16-11-15-30-14-8-7-9-17-32-22-13-10-12-21(18-22)19-27-24(29)34-26(4,5)6/h10,12-13,18H,7-9,11,14-17,19-20H2,1-6H3,(H,27,29). The second-order valence-electron chi connectivity index (χ2n) is 10.0. The Morgan fingerprint density at radius 3 is 2.15 bits per heavy atom. The van der Waals surface area contributed by atoms with Gasteiger partial charge in [0.1, 0.15) is 23.6 Å². The molecule has 0 saturated heterocycles. The third-order valence-electron chi connectivity index (χ3n) is 4.15. The molecule has 0 saturated carbocycles. The van der Waals surface area contributed by atoms with Gasteiger partial charge in [-0.05, 0) is 84.9 Å². The number of ether oxygens (including phenoxy) is 5. The fourth-order valence-electron chi connectivity index (χ4n) is 2.80. The van der Waals surface area contributed by atoms with Crippen LogP contribution in [0.2, 0.25) is 0 Å². The molecule has 0 aliphatic rings. The predicted octanol–water partition coefficient (Wildman–Crippen LogP) is 5.03. The van der Waals surface area contributed by atoms with E-state index in [9.17, 15) is 9.59 Å². The summed E-state index contributed by atoms with van der Waals surface area (Å²) in [6, 6.07) is 7.67. The molecule has 0 atom stereocenters. The number of benzene rings is 1. The molecule has 0 aromatic heterocycles. The molecule has 0 aliphatic carbocycles. The smallest absolute Gasteiger partial charge is 0.407 e. The van der Waals surface area contributed by atoms with Gasteiger partial charge < -0.3 is 29.0 Å². The van der Waals surface area contributed by atoms with Gasteiger partial charge in [0.2, 0.25) is 0 Å². The Labute approximate surface area is 204 Å². The van der Waals surface area contributed by atoms with E-state index in [4.69, 9.17) is 23.7 Å². The molecule has 0 heterocycles. The van der Waals surface area contributed by atoms with Gasteiger partial charge in [0.05, 0.1) is 6.61 Å². The van der Waals surface area contributed by atoms with Crippen molar-refractivity contribution in [3.8, 4) is 5.75 Å². The summed E-state index contributed by atoms with van der Waals surface area (Å²) in [5.41, 5.74) is -0.0522. The molecule has 1 aromatic carbocycles. The van der Waals surface area contributed by atoms with Gasteiger partial charge in [0.25, 0.3) is 0 Å². The first-order valence-electron chi connectivity index (χ1n) is 12.0. The Bertz CT molecular complexity index is 723. The zero-order chi connectivity index (χ0) is 25.5. The van der Waals surface area contributed by atoms with Crippen LogP contribution in [0.1, 0.15) is 72.8 Å².